The second kappa shape index (κ2) is 4.07. The Hall–Kier alpha value is -0.610. The molecule has 1 aliphatic carbocycles. The molecule has 0 saturated heterocycles. The van der Waals surface area contributed by atoms with E-state index in [1.54, 1.807) is 0 Å². The second-order valence-corrected chi connectivity index (χ2v) is 3.74. The molecule has 1 rings (SSSR count). The molecule has 0 bridgehead atoms. The van der Waals surface area contributed by atoms with Gasteiger partial charge in [-0.15, -0.1) is 0 Å². The molecule has 0 spiro atoms. The molecule has 0 aliphatic heterocycles. The van der Waals surface area contributed by atoms with E-state index in [1.165, 1.54) is 0 Å². The number of aliphatic carboxylic acids is 1. The number of carboxylic acid groups (broad SMARTS) is 1. The summed E-state index contributed by atoms with van der Waals surface area (Å²) < 4.78 is 0. The van der Waals surface area contributed by atoms with E-state index in [9.17, 15) is 4.79 Å². The molecule has 0 radical (unpaired) electrons. The van der Waals surface area contributed by atoms with Crippen LogP contribution in [0.5, 0.6) is 0 Å². The van der Waals surface area contributed by atoms with Gasteiger partial charge < -0.3 is 10.2 Å². The number of carbonyl (C=O) groups is 1. The van der Waals surface area contributed by atoms with E-state index in [0.717, 1.165) is 19.3 Å². The lowest BCUT2D eigenvalue weighted by atomic mass is 9.77. The molecule has 0 aromatic carbocycles. The highest BCUT2D eigenvalue weighted by atomic mass is 16.4. The normalized spacial score (nSPS) is 22.0. The third-order valence-electron chi connectivity index (χ3n) is 2.80. The Morgan fingerprint density at radius 1 is 1.62 bits per heavy atom. The Bertz CT molecular complexity index is 184. The number of hydrogen-bond acceptors (Lipinski definition) is 3. The minimum atomic E-state index is -0.831. The lowest BCUT2D eigenvalue weighted by Gasteiger charge is -2.42. The first kappa shape index (κ1) is 10.5. The van der Waals surface area contributed by atoms with Crippen molar-refractivity contribution in [2.24, 2.45) is 0 Å². The van der Waals surface area contributed by atoms with E-state index >= 15 is 0 Å². The summed E-state index contributed by atoms with van der Waals surface area (Å²) in [4.78, 5) is 10.7. The van der Waals surface area contributed by atoms with Crippen LogP contribution in [0.2, 0.25) is 0 Å². The Morgan fingerprint density at radius 3 is 2.46 bits per heavy atom. The van der Waals surface area contributed by atoms with E-state index < -0.39 is 12.0 Å². The molecule has 4 nitrogen and oxygen atoms in total. The molecule has 1 unspecified atom stereocenters. The Labute approximate surface area is 78.0 Å². The van der Waals surface area contributed by atoms with Gasteiger partial charge in [0.1, 0.15) is 6.04 Å². The predicted molar refractivity (Wildman–Crippen MR) is 48.5 cm³/mol. The number of aliphatic hydroxyl groups is 1. The van der Waals surface area contributed by atoms with E-state index in [-0.39, 0.29) is 12.1 Å². The largest absolute Gasteiger partial charge is 0.480 e. The van der Waals surface area contributed by atoms with E-state index in [1.807, 2.05) is 6.92 Å². The van der Waals surface area contributed by atoms with Crippen molar-refractivity contribution < 1.29 is 15.0 Å². The molecular formula is C9H17NO3. The monoisotopic (exact) mass is 187 g/mol. The first-order valence-electron chi connectivity index (χ1n) is 4.75. The lowest BCUT2D eigenvalue weighted by Crippen LogP contribution is -2.59. The molecule has 76 valence electrons. The molecule has 3 N–H and O–H groups in total. The summed E-state index contributed by atoms with van der Waals surface area (Å²) in [6, 6.07) is -0.521. The zero-order valence-corrected chi connectivity index (χ0v) is 7.92. The van der Waals surface area contributed by atoms with Crippen molar-refractivity contribution >= 4 is 5.97 Å². The van der Waals surface area contributed by atoms with Gasteiger partial charge in [0, 0.05) is 5.54 Å². The molecule has 4 heteroatoms. The highest BCUT2D eigenvalue weighted by Crippen LogP contribution is 2.31. The number of carboxylic acids is 1. The molecular weight excluding hydrogens is 170 g/mol. The fourth-order valence-electron chi connectivity index (χ4n) is 1.66. The minimum Gasteiger partial charge on any atom is -0.480 e. The first-order chi connectivity index (χ1) is 6.13. The third kappa shape index (κ3) is 2.19. The maximum Gasteiger partial charge on any atom is 0.320 e. The van der Waals surface area contributed by atoms with Gasteiger partial charge in [-0.3, -0.25) is 10.1 Å². The summed E-state index contributed by atoms with van der Waals surface area (Å²) in [5.74, 6) is -0.831. The maximum atomic E-state index is 10.7. The van der Waals surface area contributed by atoms with Crippen LogP contribution < -0.4 is 5.32 Å². The highest BCUT2D eigenvalue weighted by Gasteiger charge is 2.38. The highest BCUT2D eigenvalue weighted by molar-refractivity contribution is 5.73. The van der Waals surface area contributed by atoms with Crippen LogP contribution in [0, 0.1) is 0 Å². The average Bonchev–Trinajstić information content (AvgIpc) is 2.03. The number of nitrogens with one attached hydrogen (secondary N) is 1. The summed E-state index contributed by atoms with van der Waals surface area (Å²) in [6.45, 7) is 1.87. The van der Waals surface area contributed by atoms with Gasteiger partial charge in [-0.1, -0.05) is 6.92 Å². The molecule has 0 heterocycles. The standard InChI is InChI=1S/C9H17NO3/c1-2-7(8(12)13)10-9(6-11)4-3-5-9/h7,10-11H,2-6H2,1H3,(H,12,13). The van der Waals surface area contributed by atoms with E-state index in [4.69, 9.17) is 10.2 Å². The van der Waals surface area contributed by atoms with Crippen molar-refractivity contribution in [2.75, 3.05) is 6.61 Å². The van der Waals surface area contributed by atoms with Crippen LogP contribution in [-0.4, -0.2) is 34.4 Å². The van der Waals surface area contributed by atoms with Gasteiger partial charge in [0.25, 0.3) is 0 Å². The summed E-state index contributed by atoms with van der Waals surface area (Å²) in [5.41, 5.74) is -0.306. The van der Waals surface area contributed by atoms with Crippen molar-refractivity contribution in [3.05, 3.63) is 0 Å². The minimum absolute atomic E-state index is 0.0385. The summed E-state index contributed by atoms with van der Waals surface area (Å²) >= 11 is 0. The SMILES string of the molecule is CCC(NC1(CO)CCC1)C(=O)O. The zero-order valence-electron chi connectivity index (χ0n) is 7.92. The maximum absolute atomic E-state index is 10.7. The second-order valence-electron chi connectivity index (χ2n) is 3.74. The molecule has 13 heavy (non-hydrogen) atoms. The zero-order chi connectivity index (χ0) is 9.90. The van der Waals surface area contributed by atoms with Crippen LogP contribution >= 0.6 is 0 Å². The Kier molecular flexibility index (Phi) is 3.27. The fourth-order valence-corrected chi connectivity index (χ4v) is 1.66. The molecule has 0 aromatic heterocycles. The molecule has 1 saturated carbocycles. The van der Waals surface area contributed by atoms with Crippen molar-refractivity contribution in [1.82, 2.24) is 5.32 Å². The van der Waals surface area contributed by atoms with Crippen molar-refractivity contribution in [2.45, 2.75) is 44.2 Å². The van der Waals surface area contributed by atoms with Crippen LogP contribution in [0.1, 0.15) is 32.6 Å². The lowest BCUT2D eigenvalue weighted by molar-refractivity contribution is -0.140. The van der Waals surface area contributed by atoms with Crippen LogP contribution in [0.3, 0.4) is 0 Å². The van der Waals surface area contributed by atoms with E-state index in [2.05, 4.69) is 5.32 Å². The van der Waals surface area contributed by atoms with Gasteiger partial charge in [-0.25, -0.2) is 0 Å². The molecule has 0 aromatic rings. The fraction of sp³-hybridized carbons (Fsp3) is 0.889. The Morgan fingerprint density at radius 2 is 2.23 bits per heavy atom. The van der Waals surface area contributed by atoms with Crippen molar-refractivity contribution in [3.8, 4) is 0 Å². The van der Waals surface area contributed by atoms with Gasteiger partial charge in [-0.05, 0) is 25.7 Å². The average molecular weight is 187 g/mol. The van der Waals surface area contributed by atoms with Crippen molar-refractivity contribution in [1.29, 1.82) is 0 Å². The number of rotatable bonds is 5. The van der Waals surface area contributed by atoms with Gasteiger partial charge in [0.15, 0.2) is 0 Å². The molecule has 1 fully saturated rings. The van der Waals surface area contributed by atoms with Crippen LogP contribution in [0.15, 0.2) is 0 Å². The summed E-state index contributed by atoms with van der Waals surface area (Å²) in [7, 11) is 0. The van der Waals surface area contributed by atoms with Gasteiger partial charge in [-0.2, -0.15) is 0 Å². The molecule has 1 aliphatic rings. The quantitative estimate of drug-likeness (QED) is 0.581. The number of hydrogen-bond donors (Lipinski definition) is 3. The number of aliphatic hydroxyl groups excluding tert-OH is 1. The van der Waals surface area contributed by atoms with Gasteiger partial charge in [0.05, 0.1) is 6.61 Å². The van der Waals surface area contributed by atoms with Crippen molar-refractivity contribution in [3.63, 3.8) is 0 Å². The first-order valence-corrected chi connectivity index (χ1v) is 4.75. The van der Waals surface area contributed by atoms with Crippen LogP contribution in [0.25, 0.3) is 0 Å². The third-order valence-corrected chi connectivity index (χ3v) is 2.80. The van der Waals surface area contributed by atoms with Crippen LogP contribution in [0.4, 0.5) is 0 Å². The molecule has 1 atom stereocenters. The summed E-state index contributed by atoms with van der Waals surface area (Å²) in [5, 5.41) is 20.9. The van der Waals surface area contributed by atoms with Crippen LogP contribution in [-0.2, 0) is 4.79 Å². The summed E-state index contributed by atoms with van der Waals surface area (Å²) in [6.07, 6.45) is 3.39. The molecule has 0 amide bonds. The Balaban J connectivity index is 2.48. The smallest absolute Gasteiger partial charge is 0.320 e. The topological polar surface area (TPSA) is 69.6 Å². The predicted octanol–water partition coefficient (Wildman–Crippen LogP) is 0.354. The van der Waals surface area contributed by atoms with E-state index in [0.29, 0.717) is 6.42 Å². The van der Waals surface area contributed by atoms with Gasteiger partial charge >= 0.3 is 5.97 Å². The van der Waals surface area contributed by atoms with Gasteiger partial charge in [0.2, 0.25) is 0 Å².